The van der Waals surface area contributed by atoms with Gasteiger partial charge in [-0.15, -0.1) is 0 Å². The Morgan fingerprint density at radius 3 is 2.90 bits per heavy atom. The Bertz CT molecular complexity index is 478. The molecule has 0 radical (unpaired) electrons. The van der Waals surface area contributed by atoms with Gasteiger partial charge in [0.2, 0.25) is 5.91 Å². The van der Waals surface area contributed by atoms with Crippen LogP contribution in [0.1, 0.15) is 19.8 Å². The number of piperidine rings is 1. The van der Waals surface area contributed by atoms with Crippen LogP contribution in [0.4, 0.5) is 5.69 Å². The van der Waals surface area contributed by atoms with Crippen LogP contribution in [0, 0.1) is 0 Å². The molecule has 2 atom stereocenters. The molecule has 1 heterocycles. The van der Waals surface area contributed by atoms with Gasteiger partial charge in [0.15, 0.2) is 0 Å². The number of rotatable bonds is 5. The molecule has 0 saturated carbocycles. The molecule has 1 saturated heterocycles. The lowest BCUT2D eigenvalue weighted by Gasteiger charge is -2.36. The van der Waals surface area contributed by atoms with Crippen molar-refractivity contribution >= 4 is 11.6 Å². The molecular formula is C16H25N3O2. The highest BCUT2D eigenvalue weighted by atomic mass is 16.5. The summed E-state index contributed by atoms with van der Waals surface area (Å²) in [6.07, 6.45) is 2.30. The number of hydrogen-bond donors (Lipinski definition) is 2. The fourth-order valence-corrected chi connectivity index (χ4v) is 2.74. The molecule has 2 N–H and O–H groups in total. The average Bonchev–Trinajstić information content (AvgIpc) is 2.54. The molecule has 116 valence electrons. The number of nitrogens with one attached hydrogen (secondary N) is 2. The van der Waals surface area contributed by atoms with Crippen molar-refractivity contribution in [2.45, 2.75) is 31.8 Å². The maximum atomic E-state index is 12.4. The summed E-state index contributed by atoms with van der Waals surface area (Å²) in [5, 5.41) is 6.27. The predicted octanol–water partition coefficient (Wildman–Crippen LogP) is 1.71. The van der Waals surface area contributed by atoms with Crippen LogP contribution in [-0.2, 0) is 4.79 Å². The number of para-hydroxylation sites is 2. The Labute approximate surface area is 126 Å². The Hall–Kier alpha value is -1.59. The van der Waals surface area contributed by atoms with Crippen LogP contribution in [0.2, 0.25) is 0 Å². The third kappa shape index (κ3) is 3.95. The second-order valence-electron chi connectivity index (χ2n) is 5.49. The summed E-state index contributed by atoms with van der Waals surface area (Å²) in [6.45, 7) is 3.85. The summed E-state index contributed by atoms with van der Waals surface area (Å²) < 4.78 is 5.27. The molecule has 0 aliphatic carbocycles. The number of carbonyl (C=O) groups excluding carboxylic acids is 1. The maximum absolute atomic E-state index is 12.4. The fourth-order valence-electron chi connectivity index (χ4n) is 2.74. The minimum atomic E-state index is -0.147. The molecule has 0 aromatic heterocycles. The highest BCUT2D eigenvalue weighted by Gasteiger charge is 2.27. The van der Waals surface area contributed by atoms with Gasteiger partial charge in [-0.3, -0.25) is 9.69 Å². The first-order chi connectivity index (χ1) is 10.2. The van der Waals surface area contributed by atoms with E-state index in [1.54, 1.807) is 7.11 Å². The zero-order valence-corrected chi connectivity index (χ0v) is 13.1. The molecule has 1 aliphatic heterocycles. The molecule has 0 spiro atoms. The second kappa shape index (κ2) is 7.43. The number of likely N-dealkylation sites (N-methyl/N-ethyl adjacent to an activating group) is 1. The van der Waals surface area contributed by atoms with Crippen LogP contribution in [0.3, 0.4) is 0 Å². The minimum Gasteiger partial charge on any atom is -0.495 e. The van der Waals surface area contributed by atoms with Gasteiger partial charge in [-0.1, -0.05) is 12.1 Å². The molecule has 2 rings (SSSR count). The van der Waals surface area contributed by atoms with Gasteiger partial charge in [0.25, 0.3) is 0 Å². The molecule has 2 unspecified atom stereocenters. The van der Waals surface area contributed by atoms with Crippen molar-refractivity contribution in [2.75, 3.05) is 32.6 Å². The Balaban J connectivity index is 1.99. The van der Waals surface area contributed by atoms with E-state index < -0.39 is 0 Å². The first kappa shape index (κ1) is 15.8. The van der Waals surface area contributed by atoms with Gasteiger partial charge in [-0.25, -0.2) is 0 Å². The third-order valence-corrected chi connectivity index (χ3v) is 4.15. The van der Waals surface area contributed by atoms with Gasteiger partial charge in [0.05, 0.1) is 18.8 Å². The molecule has 1 fully saturated rings. The van der Waals surface area contributed by atoms with E-state index in [-0.39, 0.29) is 11.9 Å². The number of hydrogen-bond acceptors (Lipinski definition) is 4. The van der Waals surface area contributed by atoms with Crippen molar-refractivity contribution in [2.24, 2.45) is 0 Å². The lowest BCUT2D eigenvalue weighted by atomic mass is 10.0. The van der Waals surface area contributed by atoms with E-state index >= 15 is 0 Å². The van der Waals surface area contributed by atoms with E-state index in [1.807, 2.05) is 38.2 Å². The largest absolute Gasteiger partial charge is 0.495 e. The first-order valence-electron chi connectivity index (χ1n) is 7.51. The van der Waals surface area contributed by atoms with Crippen molar-refractivity contribution in [3.05, 3.63) is 24.3 Å². The standard InChI is InChI=1S/C16H25N3O2/c1-12(19-10-6-7-13(11-19)17-2)16(20)18-14-8-4-5-9-15(14)21-3/h4-5,8-9,12-13,17H,6-7,10-11H2,1-3H3,(H,18,20). The number of benzene rings is 1. The van der Waals surface area contributed by atoms with Gasteiger partial charge in [-0.2, -0.15) is 0 Å². The van der Waals surface area contributed by atoms with Crippen LogP contribution in [0.25, 0.3) is 0 Å². The smallest absolute Gasteiger partial charge is 0.241 e. The van der Waals surface area contributed by atoms with Crippen molar-refractivity contribution in [1.29, 1.82) is 0 Å². The Morgan fingerprint density at radius 1 is 1.43 bits per heavy atom. The molecule has 1 aromatic rings. The summed E-state index contributed by atoms with van der Waals surface area (Å²) in [6, 6.07) is 7.81. The zero-order chi connectivity index (χ0) is 15.2. The maximum Gasteiger partial charge on any atom is 0.241 e. The molecule has 5 nitrogen and oxygen atoms in total. The number of anilines is 1. The summed E-state index contributed by atoms with van der Waals surface area (Å²) in [5.74, 6) is 0.695. The average molecular weight is 291 g/mol. The Morgan fingerprint density at radius 2 is 2.19 bits per heavy atom. The molecule has 0 bridgehead atoms. The van der Waals surface area contributed by atoms with Crippen molar-refractivity contribution < 1.29 is 9.53 Å². The van der Waals surface area contributed by atoms with Gasteiger partial charge < -0.3 is 15.4 Å². The van der Waals surface area contributed by atoms with E-state index in [0.29, 0.717) is 11.8 Å². The number of likely N-dealkylation sites (tertiary alicyclic amines) is 1. The molecule has 5 heteroatoms. The summed E-state index contributed by atoms with van der Waals surface area (Å²) in [4.78, 5) is 14.7. The van der Waals surface area contributed by atoms with Gasteiger partial charge >= 0.3 is 0 Å². The molecule has 21 heavy (non-hydrogen) atoms. The highest BCUT2D eigenvalue weighted by Crippen LogP contribution is 2.23. The SMILES string of the molecule is CNC1CCCN(C(C)C(=O)Nc2ccccc2OC)C1. The van der Waals surface area contributed by atoms with Crippen LogP contribution in [0.15, 0.2) is 24.3 Å². The number of methoxy groups -OCH3 is 1. The number of nitrogens with zero attached hydrogens (tertiary/aromatic N) is 1. The third-order valence-electron chi connectivity index (χ3n) is 4.15. The zero-order valence-electron chi connectivity index (χ0n) is 13.1. The lowest BCUT2D eigenvalue weighted by molar-refractivity contribution is -0.121. The predicted molar refractivity (Wildman–Crippen MR) is 84.7 cm³/mol. The van der Waals surface area contributed by atoms with E-state index in [1.165, 1.54) is 6.42 Å². The molecular weight excluding hydrogens is 266 g/mol. The fraction of sp³-hybridized carbons (Fsp3) is 0.562. The lowest BCUT2D eigenvalue weighted by Crippen LogP contribution is -2.51. The number of ether oxygens (including phenoxy) is 1. The van der Waals surface area contributed by atoms with E-state index in [9.17, 15) is 4.79 Å². The van der Waals surface area contributed by atoms with Gasteiger partial charge in [-0.05, 0) is 45.5 Å². The quantitative estimate of drug-likeness (QED) is 0.867. The van der Waals surface area contributed by atoms with Crippen LogP contribution in [0.5, 0.6) is 5.75 Å². The molecule has 1 aliphatic rings. The van der Waals surface area contributed by atoms with E-state index in [2.05, 4.69) is 15.5 Å². The van der Waals surface area contributed by atoms with E-state index in [4.69, 9.17) is 4.74 Å². The number of amides is 1. The van der Waals surface area contributed by atoms with Crippen LogP contribution >= 0.6 is 0 Å². The number of carbonyl (C=O) groups is 1. The highest BCUT2D eigenvalue weighted by molar-refractivity contribution is 5.95. The van der Waals surface area contributed by atoms with Gasteiger partial charge in [0, 0.05) is 12.6 Å². The molecule has 1 aromatic carbocycles. The van der Waals surface area contributed by atoms with Crippen LogP contribution in [-0.4, -0.2) is 50.1 Å². The van der Waals surface area contributed by atoms with Crippen molar-refractivity contribution in [3.8, 4) is 5.75 Å². The summed E-state index contributed by atoms with van der Waals surface area (Å²) in [7, 11) is 3.59. The first-order valence-corrected chi connectivity index (χ1v) is 7.51. The normalized spacial score (nSPS) is 20.8. The molecule has 1 amide bonds. The van der Waals surface area contributed by atoms with E-state index in [0.717, 1.165) is 25.2 Å². The monoisotopic (exact) mass is 291 g/mol. The van der Waals surface area contributed by atoms with Crippen molar-refractivity contribution in [1.82, 2.24) is 10.2 Å². The Kier molecular flexibility index (Phi) is 5.59. The topological polar surface area (TPSA) is 53.6 Å². The minimum absolute atomic E-state index is 0.0104. The second-order valence-corrected chi connectivity index (χ2v) is 5.49. The van der Waals surface area contributed by atoms with Crippen LogP contribution < -0.4 is 15.4 Å². The van der Waals surface area contributed by atoms with Gasteiger partial charge in [0.1, 0.15) is 5.75 Å². The van der Waals surface area contributed by atoms with Crippen molar-refractivity contribution in [3.63, 3.8) is 0 Å². The summed E-state index contributed by atoms with van der Waals surface area (Å²) in [5.41, 5.74) is 0.721. The summed E-state index contributed by atoms with van der Waals surface area (Å²) >= 11 is 0.